The quantitative estimate of drug-likeness (QED) is 0.253. The number of aliphatic hydroxyl groups excluding tert-OH is 2. The fourth-order valence-electron chi connectivity index (χ4n) is 20.5. The summed E-state index contributed by atoms with van der Waals surface area (Å²) in [5.74, 6) is 9.87. The van der Waals surface area contributed by atoms with Crippen LogP contribution in [0.4, 0.5) is 0 Å². The highest BCUT2D eigenvalue weighted by molar-refractivity contribution is 5.17. The van der Waals surface area contributed by atoms with Crippen LogP contribution in [-0.2, 0) is 18.9 Å². The summed E-state index contributed by atoms with van der Waals surface area (Å²) in [4.78, 5) is 0. The van der Waals surface area contributed by atoms with Gasteiger partial charge in [-0.1, -0.05) is 55.4 Å². The molecule has 0 aromatic rings. The van der Waals surface area contributed by atoms with E-state index in [0.29, 0.717) is 69.4 Å². The van der Waals surface area contributed by atoms with Gasteiger partial charge < -0.3 is 29.2 Å². The van der Waals surface area contributed by atoms with E-state index in [0.717, 1.165) is 99.1 Å². The van der Waals surface area contributed by atoms with Gasteiger partial charge in [0.05, 0.1) is 37.6 Å². The molecule has 8 saturated carbocycles. The van der Waals surface area contributed by atoms with Gasteiger partial charge in [0, 0.05) is 24.7 Å². The topological polar surface area (TPSA) is 77.4 Å². The number of fused-ring (bicyclic) bond motifs is 14. The van der Waals surface area contributed by atoms with Crippen molar-refractivity contribution in [3.63, 3.8) is 0 Å². The molecule has 12 rings (SSSR count). The molecule has 0 aromatic heterocycles. The summed E-state index contributed by atoms with van der Waals surface area (Å²) in [6.07, 6.45) is 25.7. The van der Waals surface area contributed by atoms with Crippen LogP contribution in [-0.4, -0.2) is 59.4 Å². The molecule has 340 valence electrons. The Morgan fingerprint density at radius 1 is 0.417 bits per heavy atom. The average Bonchev–Trinajstić information content (AvgIpc) is 3.87. The van der Waals surface area contributed by atoms with Crippen molar-refractivity contribution in [3.05, 3.63) is 0 Å². The standard InChI is InChI=1S/2C27H44O3/c2*1-16-7-12-27(29-15-16)17(2)24-23(30-27)14-22-20-6-5-18-13-19(28)8-10-25(18,3)21(20)9-11-26(22,24)4/h2*16-24,28H,5-15H2,1-4H3/t16-,17+,18?,19+,20-,21+,22+,23+,24+,25+,26+,27-;16-,17-,18+,19-,20+,21-,22-,23-,24-,25-,26-,27+/m10/s1. The Bertz CT molecular complexity index is 1480. The summed E-state index contributed by atoms with van der Waals surface area (Å²) in [6.45, 7) is 21.8. The van der Waals surface area contributed by atoms with Crippen LogP contribution in [0.2, 0.25) is 0 Å². The molecular formula is C54H88O6. The Hall–Kier alpha value is -0.240. The van der Waals surface area contributed by atoms with Crippen molar-refractivity contribution in [2.45, 2.75) is 220 Å². The van der Waals surface area contributed by atoms with Crippen molar-refractivity contribution in [2.24, 2.45) is 105 Å². The summed E-state index contributed by atoms with van der Waals surface area (Å²) < 4.78 is 26.7. The number of ether oxygens (including phenoxy) is 4. The Kier molecular flexibility index (Phi) is 10.3. The van der Waals surface area contributed by atoms with E-state index in [1.165, 1.54) is 89.9 Å². The minimum Gasteiger partial charge on any atom is -0.393 e. The summed E-state index contributed by atoms with van der Waals surface area (Å²) >= 11 is 0. The molecule has 12 fully saturated rings. The van der Waals surface area contributed by atoms with Crippen LogP contribution in [0.1, 0.15) is 184 Å². The molecular weight excluding hydrogens is 745 g/mol. The maximum Gasteiger partial charge on any atom is 0.171 e. The molecule has 2 N–H and O–H groups in total. The lowest BCUT2D eigenvalue weighted by molar-refractivity contribution is -0.273. The summed E-state index contributed by atoms with van der Waals surface area (Å²) in [7, 11) is 0. The van der Waals surface area contributed by atoms with Gasteiger partial charge in [-0.15, -0.1) is 0 Å². The Balaban J connectivity index is 0.000000136. The first-order valence-corrected chi connectivity index (χ1v) is 26.5. The van der Waals surface area contributed by atoms with Gasteiger partial charge in [-0.2, -0.15) is 0 Å². The second-order valence-corrected chi connectivity index (χ2v) is 26.2. The fourth-order valence-corrected chi connectivity index (χ4v) is 20.5. The third-order valence-electron chi connectivity index (χ3n) is 23.8. The molecule has 4 saturated heterocycles. The zero-order valence-electron chi connectivity index (χ0n) is 39.5. The van der Waals surface area contributed by atoms with Gasteiger partial charge >= 0.3 is 0 Å². The van der Waals surface area contributed by atoms with Crippen LogP contribution in [0.15, 0.2) is 0 Å². The van der Waals surface area contributed by atoms with Crippen molar-refractivity contribution < 1.29 is 29.2 Å². The first-order chi connectivity index (χ1) is 28.5. The summed E-state index contributed by atoms with van der Waals surface area (Å²) in [5.41, 5.74) is 1.80. The van der Waals surface area contributed by atoms with E-state index in [9.17, 15) is 10.2 Å². The van der Waals surface area contributed by atoms with Gasteiger partial charge in [-0.05, 0) is 208 Å². The van der Waals surface area contributed by atoms with Crippen LogP contribution in [0, 0.1) is 105 Å². The highest BCUT2D eigenvalue weighted by Gasteiger charge is 2.71. The lowest BCUT2D eigenvalue weighted by Gasteiger charge is -2.61. The molecule has 4 aliphatic heterocycles. The highest BCUT2D eigenvalue weighted by Crippen LogP contribution is 2.73. The normalized spacial score (nSPS) is 62.5. The maximum absolute atomic E-state index is 10.3. The van der Waals surface area contributed by atoms with E-state index >= 15 is 0 Å². The van der Waals surface area contributed by atoms with E-state index in [1.807, 2.05) is 0 Å². The number of rotatable bonds is 0. The molecule has 24 atom stereocenters. The second kappa shape index (κ2) is 14.6. The Morgan fingerprint density at radius 2 is 0.817 bits per heavy atom. The van der Waals surface area contributed by atoms with Gasteiger partial charge in [0.1, 0.15) is 0 Å². The lowest BCUT2D eigenvalue weighted by atomic mass is 9.44. The van der Waals surface area contributed by atoms with Crippen LogP contribution in [0.3, 0.4) is 0 Å². The minimum atomic E-state index is -0.282. The molecule has 2 spiro atoms. The molecule has 4 heterocycles. The van der Waals surface area contributed by atoms with Crippen molar-refractivity contribution in [1.29, 1.82) is 0 Å². The molecule has 6 heteroatoms. The van der Waals surface area contributed by atoms with E-state index in [1.54, 1.807) is 0 Å². The molecule has 12 aliphatic rings. The van der Waals surface area contributed by atoms with Crippen molar-refractivity contribution in [1.82, 2.24) is 0 Å². The SMILES string of the molecule is C[C@@H]1CC[C@@]2(OC1)O[C@H]1C[C@H]3[C@@H]4CCC5C[C@@H](O)CC[C@]5(C)[C@H]4CC[C@]3(C)[C@H]1[C@@H]2C.C[C@H]1CC[C@@]2(OC1)O[C@H]1C[C@H]3[C@@H]4CC[C@@H]5C[C@@H](O)CC[C@]5(C)[C@H]4CC[C@]3(C)[C@H]1[C@@H]2C. The first-order valence-electron chi connectivity index (χ1n) is 26.5. The first kappa shape index (κ1) is 42.4. The number of hydrogen-bond donors (Lipinski definition) is 2. The summed E-state index contributed by atoms with van der Waals surface area (Å²) in [5, 5.41) is 20.6. The monoisotopic (exact) mass is 833 g/mol. The van der Waals surface area contributed by atoms with Crippen LogP contribution < -0.4 is 0 Å². The molecule has 0 amide bonds. The zero-order chi connectivity index (χ0) is 41.8. The maximum atomic E-state index is 10.3. The van der Waals surface area contributed by atoms with E-state index in [-0.39, 0.29) is 23.8 Å². The average molecular weight is 833 g/mol. The van der Waals surface area contributed by atoms with Crippen molar-refractivity contribution in [2.75, 3.05) is 13.2 Å². The highest BCUT2D eigenvalue weighted by atomic mass is 16.7. The van der Waals surface area contributed by atoms with Crippen molar-refractivity contribution in [3.8, 4) is 0 Å². The number of hydrogen-bond acceptors (Lipinski definition) is 6. The molecule has 1 unspecified atom stereocenters. The minimum absolute atomic E-state index is 0.0389. The molecule has 60 heavy (non-hydrogen) atoms. The van der Waals surface area contributed by atoms with Crippen LogP contribution in [0.5, 0.6) is 0 Å². The smallest absolute Gasteiger partial charge is 0.171 e. The Morgan fingerprint density at radius 3 is 1.20 bits per heavy atom. The molecule has 0 aromatic carbocycles. The largest absolute Gasteiger partial charge is 0.393 e. The Labute approximate surface area is 365 Å². The van der Waals surface area contributed by atoms with Gasteiger partial charge in [-0.3, -0.25) is 0 Å². The third-order valence-corrected chi connectivity index (χ3v) is 23.8. The predicted octanol–water partition coefficient (Wildman–Crippen LogP) is 11.6. The second-order valence-electron chi connectivity index (χ2n) is 26.2. The number of aliphatic hydroxyl groups is 2. The zero-order valence-corrected chi connectivity index (χ0v) is 39.5. The van der Waals surface area contributed by atoms with Gasteiger partial charge in [-0.25, -0.2) is 0 Å². The fraction of sp³-hybridized carbons (Fsp3) is 1.00. The molecule has 8 aliphatic carbocycles. The third kappa shape index (κ3) is 6.02. The van der Waals surface area contributed by atoms with Gasteiger partial charge in [0.2, 0.25) is 0 Å². The predicted molar refractivity (Wildman–Crippen MR) is 235 cm³/mol. The molecule has 0 bridgehead atoms. The van der Waals surface area contributed by atoms with E-state index in [4.69, 9.17) is 18.9 Å². The van der Waals surface area contributed by atoms with Crippen LogP contribution in [0.25, 0.3) is 0 Å². The van der Waals surface area contributed by atoms with E-state index in [2.05, 4.69) is 55.4 Å². The molecule has 0 radical (unpaired) electrons. The summed E-state index contributed by atoms with van der Waals surface area (Å²) in [6, 6.07) is 0. The van der Waals surface area contributed by atoms with Crippen LogP contribution >= 0.6 is 0 Å². The van der Waals surface area contributed by atoms with Gasteiger partial charge in [0.25, 0.3) is 0 Å². The molecule has 6 nitrogen and oxygen atoms in total. The lowest BCUT2D eigenvalue weighted by Crippen LogP contribution is -2.55. The van der Waals surface area contributed by atoms with E-state index < -0.39 is 0 Å². The van der Waals surface area contributed by atoms with Crippen molar-refractivity contribution >= 4 is 0 Å². The van der Waals surface area contributed by atoms with Gasteiger partial charge in [0.15, 0.2) is 11.6 Å².